The lowest BCUT2D eigenvalue weighted by Crippen LogP contribution is -2.44. The lowest BCUT2D eigenvalue weighted by atomic mass is 10.2. The predicted molar refractivity (Wildman–Crippen MR) is 90.5 cm³/mol. The van der Waals surface area contributed by atoms with E-state index in [0.717, 1.165) is 0 Å². The van der Waals surface area contributed by atoms with E-state index >= 15 is 0 Å². The summed E-state index contributed by atoms with van der Waals surface area (Å²) in [6, 6.07) is 3.12. The Morgan fingerprint density at radius 2 is 2.00 bits per heavy atom. The molecule has 2 N–H and O–H groups in total. The molecule has 0 saturated carbocycles. The van der Waals surface area contributed by atoms with E-state index in [4.69, 9.17) is 33.0 Å². The molecule has 134 valence electrons. The van der Waals surface area contributed by atoms with Gasteiger partial charge < -0.3 is 15.2 Å². The zero-order chi connectivity index (χ0) is 18.3. The number of carboxylic acid groups (broad SMARTS) is 1. The van der Waals surface area contributed by atoms with Crippen LogP contribution in [0.3, 0.4) is 0 Å². The quantitative estimate of drug-likeness (QED) is 0.656. The molecule has 1 atom stereocenters. The molecule has 0 saturated heterocycles. The normalized spacial score (nSPS) is 12.5. The van der Waals surface area contributed by atoms with E-state index in [1.165, 1.54) is 25.1 Å². The monoisotopic (exact) mass is 397 g/mol. The number of hydrogen-bond acceptors (Lipinski definition) is 5. The standard InChI is InChI=1S/C14H17Cl2NO6S/c1-2-24(21,22)6-5-11(14(19)20)17-13(18)8-23-12-4-3-9(15)7-10(12)16/h3-4,7,11H,2,5-6,8H2,1H3,(H,17,18)(H,19,20). The molecule has 1 aromatic rings. The molecule has 0 bridgehead atoms. The molecule has 1 aromatic carbocycles. The van der Waals surface area contributed by atoms with Crippen molar-refractivity contribution in [3.8, 4) is 5.75 Å². The number of nitrogens with one attached hydrogen (secondary N) is 1. The van der Waals surface area contributed by atoms with Crippen LogP contribution in [0.2, 0.25) is 10.0 Å². The summed E-state index contributed by atoms with van der Waals surface area (Å²) in [4.78, 5) is 22.9. The Morgan fingerprint density at radius 1 is 1.33 bits per heavy atom. The molecular weight excluding hydrogens is 381 g/mol. The Hall–Kier alpha value is -1.51. The van der Waals surface area contributed by atoms with Crippen LogP contribution in [-0.4, -0.2) is 49.6 Å². The number of carboxylic acids is 1. The number of halogens is 2. The predicted octanol–water partition coefficient (Wildman–Crippen LogP) is 1.77. The third kappa shape index (κ3) is 6.94. The molecule has 10 heteroatoms. The number of carbonyl (C=O) groups excluding carboxylic acids is 1. The minimum atomic E-state index is -3.32. The van der Waals surface area contributed by atoms with Crippen molar-refractivity contribution in [3.63, 3.8) is 0 Å². The number of sulfone groups is 1. The molecule has 0 aromatic heterocycles. The molecule has 1 unspecified atom stereocenters. The summed E-state index contributed by atoms with van der Waals surface area (Å²) in [5.41, 5.74) is 0. The van der Waals surface area contributed by atoms with Crippen LogP contribution >= 0.6 is 23.2 Å². The van der Waals surface area contributed by atoms with E-state index in [-0.39, 0.29) is 28.7 Å². The van der Waals surface area contributed by atoms with Crippen LogP contribution in [0.4, 0.5) is 0 Å². The maximum atomic E-state index is 11.8. The zero-order valence-corrected chi connectivity index (χ0v) is 15.1. The van der Waals surface area contributed by atoms with Crippen molar-refractivity contribution in [3.05, 3.63) is 28.2 Å². The van der Waals surface area contributed by atoms with Gasteiger partial charge in [-0.05, 0) is 24.6 Å². The highest BCUT2D eigenvalue weighted by atomic mass is 35.5. The number of benzene rings is 1. The van der Waals surface area contributed by atoms with Crippen molar-refractivity contribution in [2.75, 3.05) is 18.1 Å². The summed E-state index contributed by atoms with van der Waals surface area (Å²) in [5, 5.41) is 11.9. The molecule has 0 aliphatic carbocycles. The molecule has 0 radical (unpaired) electrons. The van der Waals surface area contributed by atoms with Gasteiger partial charge in [-0.25, -0.2) is 13.2 Å². The lowest BCUT2D eigenvalue weighted by Gasteiger charge is -2.15. The molecule has 1 rings (SSSR count). The van der Waals surface area contributed by atoms with Crippen LogP contribution in [0.1, 0.15) is 13.3 Å². The maximum absolute atomic E-state index is 11.8. The number of aliphatic carboxylic acids is 1. The molecule has 0 aliphatic rings. The van der Waals surface area contributed by atoms with E-state index in [0.29, 0.717) is 5.02 Å². The Labute approximate surface area is 149 Å². The van der Waals surface area contributed by atoms with Crippen molar-refractivity contribution in [2.45, 2.75) is 19.4 Å². The summed E-state index contributed by atoms with van der Waals surface area (Å²) >= 11 is 11.6. The largest absolute Gasteiger partial charge is 0.482 e. The van der Waals surface area contributed by atoms with E-state index in [1.54, 1.807) is 0 Å². The summed E-state index contributed by atoms with van der Waals surface area (Å²) in [5.74, 6) is -2.23. The Morgan fingerprint density at radius 3 is 2.54 bits per heavy atom. The minimum absolute atomic E-state index is 0.0918. The Bertz CT molecular complexity index is 707. The highest BCUT2D eigenvalue weighted by Gasteiger charge is 2.22. The van der Waals surface area contributed by atoms with Gasteiger partial charge >= 0.3 is 5.97 Å². The SMILES string of the molecule is CCS(=O)(=O)CCC(NC(=O)COc1ccc(Cl)cc1Cl)C(=O)O. The number of ether oxygens (including phenoxy) is 1. The van der Waals surface area contributed by atoms with Crippen LogP contribution in [0.5, 0.6) is 5.75 Å². The van der Waals surface area contributed by atoms with Gasteiger partial charge in [0.1, 0.15) is 21.6 Å². The van der Waals surface area contributed by atoms with Crippen molar-refractivity contribution < 1.29 is 27.9 Å². The highest BCUT2D eigenvalue weighted by Crippen LogP contribution is 2.27. The summed E-state index contributed by atoms with van der Waals surface area (Å²) in [7, 11) is -3.32. The van der Waals surface area contributed by atoms with Gasteiger partial charge in [-0.3, -0.25) is 4.79 Å². The van der Waals surface area contributed by atoms with Gasteiger partial charge in [0.25, 0.3) is 5.91 Å². The van der Waals surface area contributed by atoms with E-state index in [2.05, 4.69) is 5.32 Å². The molecule has 7 nitrogen and oxygen atoms in total. The average Bonchev–Trinajstić information content (AvgIpc) is 2.50. The molecule has 0 heterocycles. The van der Waals surface area contributed by atoms with Crippen molar-refractivity contribution in [1.82, 2.24) is 5.32 Å². The first kappa shape index (κ1) is 20.5. The first-order chi connectivity index (χ1) is 11.1. The number of hydrogen-bond donors (Lipinski definition) is 2. The number of carbonyl (C=O) groups is 2. The van der Waals surface area contributed by atoms with Gasteiger partial charge in [-0.1, -0.05) is 30.1 Å². The van der Waals surface area contributed by atoms with Crippen molar-refractivity contribution in [2.24, 2.45) is 0 Å². The van der Waals surface area contributed by atoms with Gasteiger partial charge in [0.2, 0.25) is 0 Å². The first-order valence-electron chi connectivity index (χ1n) is 6.95. The van der Waals surface area contributed by atoms with E-state index < -0.39 is 34.4 Å². The topological polar surface area (TPSA) is 110 Å². The smallest absolute Gasteiger partial charge is 0.326 e. The third-order valence-corrected chi connectivity index (χ3v) is 5.31. The molecule has 0 aliphatic heterocycles. The molecular formula is C14H17Cl2NO6S. The summed E-state index contributed by atoms with van der Waals surface area (Å²) < 4.78 is 28.1. The number of amides is 1. The van der Waals surface area contributed by atoms with Crippen molar-refractivity contribution >= 4 is 44.9 Å². The molecule has 24 heavy (non-hydrogen) atoms. The fraction of sp³-hybridized carbons (Fsp3) is 0.429. The summed E-state index contributed by atoms with van der Waals surface area (Å²) in [6.07, 6.45) is -0.223. The second-order valence-electron chi connectivity index (χ2n) is 4.85. The van der Waals surface area contributed by atoms with Crippen LogP contribution in [0.15, 0.2) is 18.2 Å². The molecule has 1 amide bonds. The van der Waals surface area contributed by atoms with E-state index in [1.807, 2.05) is 0 Å². The lowest BCUT2D eigenvalue weighted by molar-refractivity contribution is -0.142. The van der Waals surface area contributed by atoms with Gasteiger partial charge in [0.05, 0.1) is 10.8 Å². The zero-order valence-electron chi connectivity index (χ0n) is 12.8. The average molecular weight is 398 g/mol. The fourth-order valence-electron chi connectivity index (χ4n) is 1.67. The van der Waals surface area contributed by atoms with Crippen LogP contribution in [0, 0.1) is 0 Å². The summed E-state index contributed by atoms with van der Waals surface area (Å²) in [6.45, 7) is 0.999. The van der Waals surface area contributed by atoms with Gasteiger partial charge in [-0.15, -0.1) is 0 Å². The molecule has 0 spiro atoms. The van der Waals surface area contributed by atoms with Gasteiger partial charge in [-0.2, -0.15) is 0 Å². The van der Waals surface area contributed by atoms with Crippen LogP contribution in [-0.2, 0) is 19.4 Å². The highest BCUT2D eigenvalue weighted by molar-refractivity contribution is 7.91. The van der Waals surface area contributed by atoms with Gasteiger partial charge in [0, 0.05) is 10.8 Å². The van der Waals surface area contributed by atoms with E-state index in [9.17, 15) is 18.0 Å². The fourth-order valence-corrected chi connectivity index (χ4v) is 3.02. The third-order valence-electron chi connectivity index (χ3n) is 3.04. The van der Waals surface area contributed by atoms with Crippen LogP contribution in [0.25, 0.3) is 0 Å². The van der Waals surface area contributed by atoms with Gasteiger partial charge in [0.15, 0.2) is 6.61 Å². The second-order valence-corrected chi connectivity index (χ2v) is 8.16. The molecule has 0 fully saturated rings. The number of rotatable bonds is 9. The Balaban J connectivity index is 2.58. The minimum Gasteiger partial charge on any atom is -0.482 e. The van der Waals surface area contributed by atoms with Crippen LogP contribution < -0.4 is 10.1 Å². The Kier molecular flexibility index (Phi) is 7.78. The van der Waals surface area contributed by atoms with Crippen molar-refractivity contribution in [1.29, 1.82) is 0 Å². The second kappa shape index (κ2) is 9.10. The first-order valence-corrected chi connectivity index (χ1v) is 9.52. The maximum Gasteiger partial charge on any atom is 0.326 e.